The maximum absolute atomic E-state index is 12.9. The number of hydrogen-bond acceptors (Lipinski definition) is 5. The van der Waals surface area contributed by atoms with Crippen molar-refractivity contribution in [1.82, 2.24) is 14.1 Å². The maximum atomic E-state index is 12.9. The van der Waals surface area contributed by atoms with Gasteiger partial charge >= 0.3 is 5.69 Å². The van der Waals surface area contributed by atoms with Crippen molar-refractivity contribution >= 4 is 34.4 Å². The van der Waals surface area contributed by atoms with Crippen molar-refractivity contribution < 1.29 is 4.79 Å². The lowest BCUT2D eigenvalue weighted by Gasteiger charge is -2.16. The molecule has 2 heterocycles. The zero-order valence-electron chi connectivity index (χ0n) is 17.1. The van der Waals surface area contributed by atoms with Gasteiger partial charge in [0.1, 0.15) is 5.65 Å². The fourth-order valence-electron chi connectivity index (χ4n) is 3.12. The topological polar surface area (TPSA) is 86.0 Å². The Hall–Kier alpha value is -2.87. The second-order valence-electron chi connectivity index (χ2n) is 7.25. The van der Waals surface area contributed by atoms with E-state index in [0.717, 1.165) is 21.4 Å². The first-order valence-corrected chi connectivity index (χ1v) is 10.3. The Morgan fingerprint density at radius 1 is 1.17 bits per heavy atom. The normalized spacial score (nSPS) is 11.2. The Morgan fingerprint density at radius 3 is 2.52 bits per heavy atom. The molecule has 0 unspecified atom stereocenters. The number of benzene rings is 1. The van der Waals surface area contributed by atoms with Crippen LogP contribution >= 0.6 is 11.8 Å². The van der Waals surface area contributed by atoms with Crippen LogP contribution in [0.4, 0.5) is 5.69 Å². The summed E-state index contributed by atoms with van der Waals surface area (Å²) in [4.78, 5) is 42.7. The molecule has 0 radical (unpaired) electrons. The third-order valence-corrected chi connectivity index (χ3v) is 5.97. The highest BCUT2D eigenvalue weighted by atomic mass is 32.2. The van der Waals surface area contributed by atoms with E-state index in [2.05, 4.69) is 10.3 Å². The van der Waals surface area contributed by atoms with E-state index in [1.165, 1.54) is 23.4 Å². The van der Waals surface area contributed by atoms with E-state index in [4.69, 9.17) is 0 Å². The average molecular weight is 413 g/mol. The van der Waals surface area contributed by atoms with Gasteiger partial charge in [0.25, 0.3) is 5.56 Å². The van der Waals surface area contributed by atoms with Gasteiger partial charge < -0.3 is 5.32 Å². The number of carbonyl (C=O) groups is 1. The number of aryl methyl sites for hydroxylation is 2. The lowest BCUT2D eigenvalue weighted by molar-refractivity contribution is -0.113. The molecule has 0 aliphatic heterocycles. The minimum Gasteiger partial charge on any atom is -0.325 e. The molecule has 2 aromatic heterocycles. The van der Waals surface area contributed by atoms with Crippen LogP contribution in [-0.4, -0.2) is 25.8 Å². The van der Waals surface area contributed by atoms with Crippen LogP contribution in [-0.2, 0) is 18.9 Å². The van der Waals surface area contributed by atoms with Crippen LogP contribution in [0.15, 0.2) is 44.9 Å². The minimum absolute atomic E-state index is 0.107. The van der Waals surface area contributed by atoms with Crippen molar-refractivity contribution in [2.75, 3.05) is 11.1 Å². The number of carbonyl (C=O) groups excluding carboxylic acids is 1. The van der Waals surface area contributed by atoms with Gasteiger partial charge in [-0.05, 0) is 30.0 Å². The predicted molar refractivity (Wildman–Crippen MR) is 117 cm³/mol. The summed E-state index contributed by atoms with van der Waals surface area (Å²) in [5, 5.41) is 3.28. The molecule has 0 saturated heterocycles. The molecule has 3 rings (SSSR count). The first-order valence-electron chi connectivity index (χ1n) is 9.29. The number of amides is 1. The first-order chi connectivity index (χ1) is 13.7. The third-order valence-electron chi connectivity index (χ3n) is 4.84. The van der Waals surface area contributed by atoms with E-state index < -0.39 is 11.2 Å². The number of rotatable bonds is 5. The second-order valence-corrected chi connectivity index (χ2v) is 8.24. The standard InChI is InChI=1S/C21H24N4O3S/c1-12(2)14-10-22-19-17(20(27)25(5)21(28)24(19)4)18(14)29-11-16(26)23-15-9-7-6-8-13(15)3/h6-10,12H,11H2,1-5H3,(H,23,26). The highest BCUT2D eigenvalue weighted by Gasteiger charge is 2.20. The van der Waals surface area contributed by atoms with Gasteiger partial charge in [0.2, 0.25) is 5.91 Å². The smallest absolute Gasteiger partial charge is 0.325 e. The highest BCUT2D eigenvalue weighted by Crippen LogP contribution is 2.32. The summed E-state index contributed by atoms with van der Waals surface area (Å²) in [6.07, 6.45) is 1.69. The maximum Gasteiger partial charge on any atom is 0.332 e. The van der Waals surface area contributed by atoms with Crippen LogP contribution in [0, 0.1) is 6.92 Å². The summed E-state index contributed by atoms with van der Waals surface area (Å²) < 4.78 is 2.43. The van der Waals surface area contributed by atoms with E-state index in [0.29, 0.717) is 15.9 Å². The van der Waals surface area contributed by atoms with Gasteiger partial charge in [-0.15, -0.1) is 11.8 Å². The molecule has 0 fully saturated rings. The highest BCUT2D eigenvalue weighted by molar-refractivity contribution is 8.00. The monoisotopic (exact) mass is 412 g/mol. The van der Waals surface area contributed by atoms with Crippen molar-refractivity contribution in [3.05, 3.63) is 62.4 Å². The molecule has 0 spiro atoms. The molecule has 8 heteroatoms. The van der Waals surface area contributed by atoms with Crippen LogP contribution in [0.2, 0.25) is 0 Å². The zero-order chi connectivity index (χ0) is 21.3. The number of hydrogen-bond donors (Lipinski definition) is 1. The number of nitrogens with zero attached hydrogens (tertiary/aromatic N) is 3. The van der Waals surface area contributed by atoms with Crippen LogP contribution in [0.5, 0.6) is 0 Å². The Morgan fingerprint density at radius 2 is 1.86 bits per heavy atom. The Bertz CT molecular complexity index is 1210. The van der Waals surface area contributed by atoms with Crippen LogP contribution in [0.1, 0.15) is 30.9 Å². The summed E-state index contributed by atoms with van der Waals surface area (Å²) in [5.41, 5.74) is 2.11. The molecule has 0 bridgehead atoms. The second kappa shape index (κ2) is 8.24. The number of anilines is 1. The molecule has 29 heavy (non-hydrogen) atoms. The summed E-state index contributed by atoms with van der Waals surface area (Å²) in [5.74, 6) is 0.0838. The molecule has 0 aliphatic carbocycles. The van der Waals surface area contributed by atoms with E-state index in [1.54, 1.807) is 13.2 Å². The lowest BCUT2D eigenvalue weighted by Crippen LogP contribution is -2.37. The van der Waals surface area contributed by atoms with E-state index in [9.17, 15) is 14.4 Å². The molecule has 1 aromatic carbocycles. The summed E-state index contributed by atoms with van der Waals surface area (Å²) in [6.45, 7) is 5.94. The lowest BCUT2D eigenvalue weighted by atomic mass is 10.0. The molecule has 7 nitrogen and oxygen atoms in total. The number of pyridine rings is 1. The number of thioether (sulfide) groups is 1. The Balaban J connectivity index is 2.02. The van der Waals surface area contributed by atoms with Gasteiger partial charge in [-0.25, -0.2) is 9.78 Å². The van der Waals surface area contributed by atoms with Gasteiger partial charge in [-0.3, -0.25) is 18.7 Å². The van der Waals surface area contributed by atoms with Crippen molar-refractivity contribution in [3.63, 3.8) is 0 Å². The average Bonchev–Trinajstić information content (AvgIpc) is 2.69. The summed E-state index contributed by atoms with van der Waals surface area (Å²) >= 11 is 1.29. The van der Waals surface area contributed by atoms with Gasteiger partial charge in [-0.2, -0.15) is 0 Å². The van der Waals surface area contributed by atoms with Gasteiger partial charge in [0, 0.05) is 30.9 Å². The van der Waals surface area contributed by atoms with Crippen molar-refractivity contribution in [3.8, 4) is 0 Å². The quantitative estimate of drug-likeness (QED) is 0.651. The largest absolute Gasteiger partial charge is 0.332 e. The molecular weight excluding hydrogens is 388 g/mol. The Kier molecular flexibility index (Phi) is 5.93. The van der Waals surface area contributed by atoms with E-state index >= 15 is 0 Å². The van der Waals surface area contributed by atoms with Crippen molar-refractivity contribution in [2.45, 2.75) is 31.6 Å². The molecule has 0 aliphatic rings. The van der Waals surface area contributed by atoms with Gasteiger partial charge in [-0.1, -0.05) is 32.0 Å². The van der Waals surface area contributed by atoms with E-state index in [-0.39, 0.29) is 17.6 Å². The molecule has 1 amide bonds. The molecular formula is C21H24N4O3S. The van der Waals surface area contributed by atoms with Crippen molar-refractivity contribution in [1.29, 1.82) is 0 Å². The molecule has 0 saturated carbocycles. The minimum atomic E-state index is -0.430. The van der Waals surface area contributed by atoms with Gasteiger partial charge in [0.15, 0.2) is 0 Å². The Labute approximate surface area is 172 Å². The molecule has 152 valence electrons. The van der Waals surface area contributed by atoms with Crippen LogP contribution in [0.25, 0.3) is 11.0 Å². The predicted octanol–water partition coefficient (Wildman–Crippen LogP) is 2.79. The van der Waals surface area contributed by atoms with Gasteiger partial charge in [0.05, 0.1) is 11.1 Å². The summed E-state index contributed by atoms with van der Waals surface area (Å²) in [7, 11) is 3.04. The fourth-order valence-corrected chi connectivity index (χ4v) is 4.25. The molecule has 3 aromatic rings. The zero-order valence-corrected chi connectivity index (χ0v) is 18.0. The number of aromatic nitrogens is 3. The van der Waals surface area contributed by atoms with Crippen LogP contribution in [0.3, 0.4) is 0 Å². The van der Waals surface area contributed by atoms with Crippen molar-refractivity contribution in [2.24, 2.45) is 14.1 Å². The van der Waals surface area contributed by atoms with Crippen LogP contribution < -0.4 is 16.6 Å². The SMILES string of the molecule is Cc1ccccc1NC(=O)CSc1c(C(C)C)cnc2c1c(=O)n(C)c(=O)n2C. The number of fused-ring (bicyclic) bond motifs is 1. The first kappa shape index (κ1) is 20.9. The fraction of sp³-hybridized carbons (Fsp3) is 0.333. The summed E-state index contributed by atoms with van der Waals surface area (Å²) in [6, 6.07) is 7.57. The molecule has 1 N–H and O–H groups in total. The number of nitrogens with one attached hydrogen (secondary N) is 1. The number of para-hydroxylation sites is 1. The van der Waals surface area contributed by atoms with E-state index in [1.807, 2.05) is 45.0 Å². The molecule has 0 atom stereocenters. The third kappa shape index (κ3) is 3.98.